The number of nitrogens with two attached hydrogens (primary N) is 1. The third kappa shape index (κ3) is 2.15. The van der Waals surface area contributed by atoms with Gasteiger partial charge in [-0.25, -0.2) is 4.98 Å². The molecule has 2 aromatic heterocycles. The van der Waals surface area contributed by atoms with E-state index in [1.807, 2.05) is 6.07 Å². The third-order valence-corrected chi connectivity index (χ3v) is 3.51. The van der Waals surface area contributed by atoms with Crippen molar-refractivity contribution in [1.29, 1.82) is 0 Å². The van der Waals surface area contributed by atoms with Gasteiger partial charge in [0.25, 0.3) is 0 Å². The minimum atomic E-state index is 0.355. The van der Waals surface area contributed by atoms with Gasteiger partial charge in [0, 0.05) is 11.6 Å². The number of nitrogens with one attached hydrogen (secondary N) is 1. The van der Waals surface area contributed by atoms with E-state index in [9.17, 15) is 0 Å². The van der Waals surface area contributed by atoms with Gasteiger partial charge in [0.05, 0.1) is 28.4 Å². The molecule has 5 nitrogen and oxygen atoms in total. The van der Waals surface area contributed by atoms with E-state index in [1.165, 1.54) is 0 Å². The lowest BCUT2D eigenvalue weighted by atomic mass is 10.2. The Labute approximate surface area is 124 Å². The van der Waals surface area contributed by atoms with E-state index in [4.69, 9.17) is 33.7 Å². The summed E-state index contributed by atoms with van der Waals surface area (Å²) >= 11 is 12.1. The SMILES string of the molecule is COc1ccc2[nH]c(-c3cc(Cl)c(N)c(Cl)c3)nc2n1. The van der Waals surface area contributed by atoms with Crippen LogP contribution >= 0.6 is 23.2 Å². The number of imidazole rings is 1. The van der Waals surface area contributed by atoms with Crippen LogP contribution in [0.3, 0.4) is 0 Å². The standard InChI is InChI=1S/C13H10Cl2N4O/c1-20-10-3-2-9-13(18-10)19-12(17-9)6-4-7(14)11(16)8(15)5-6/h2-5H,16H2,1H3,(H,17,18,19). The van der Waals surface area contributed by atoms with Crippen molar-refractivity contribution in [1.82, 2.24) is 15.0 Å². The van der Waals surface area contributed by atoms with E-state index in [0.717, 1.165) is 11.1 Å². The summed E-state index contributed by atoms with van der Waals surface area (Å²) in [4.78, 5) is 11.8. The molecule has 0 bridgehead atoms. The average molecular weight is 309 g/mol. The summed E-state index contributed by atoms with van der Waals surface area (Å²) in [6, 6.07) is 7.01. The average Bonchev–Trinajstić information content (AvgIpc) is 2.86. The lowest BCUT2D eigenvalue weighted by Gasteiger charge is -2.03. The Hall–Kier alpha value is -1.98. The Balaban J connectivity index is 2.14. The summed E-state index contributed by atoms with van der Waals surface area (Å²) in [5, 5.41) is 0.775. The minimum absolute atomic E-state index is 0.355. The predicted octanol–water partition coefficient (Wildman–Crippen LogP) is 3.52. The number of hydrogen-bond donors (Lipinski definition) is 2. The Bertz CT molecular complexity index is 777. The normalized spacial score (nSPS) is 10.9. The molecule has 3 N–H and O–H groups in total. The number of aromatic amines is 1. The van der Waals surface area contributed by atoms with Crippen LogP contribution in [0.15, 0.2) is 24.3 Å². The summed E-state index contributed by atoms with van der Waals surface area (Å²) < 4.78 is 5.07. The van der Waals surface area contributed by atoms with Crippen molar-refractivity contribution >= 4 is 40.1 Å². The number of nitrogens with zero attached hydrogens (tertiary/aromatic N) is 2. The van der Waals surface area contributed by atoms with Crippen LogP contribution in [0.2, 0.25) is 10.0 Å². The number of rotatable bonds is 2. The van der Waals surface area contributed by atoms with Crippen LogP contribution in [0.5, 0.6) is 5.88 Å². The van der Waals surface area contributed by atoms with Gasteiger partial charge in [-0.3, -0.25) is 0 Å². The van der Waals surface area contributed by atoms with Gasteiger partial charge in [-0.05, 0) is 18.2 Å². The van der Waals surface area contributed by atoms with Crippen molar-refractivity contribution in [2.75, 3.05) is 12.8 Å². The molecule has 102 valence electrons. The van der Waals surface area contributed by atoms with Gasteiger partial charge in [0.15, 0.2) is 5.65 Å². The number of hydrogen-bond acceptors (Lipinski definition) is 4. The number of methoxy groups -OCH3 is 1. The molecule has 0 saturated heterocycles. The van der Waals surface area contributed by atoms with Crippen molar-refractivity contribution in [3.8, 4) is 17.3 Å². The van der Waals surface area contributed by atoms with Gasteiger partial charge in [-0.2, -0.15) is 4.98 Å². The number of anilines is 1. The molecule has 0 unspecified atom stereocenters. The third-order valence-electron chi connectivity index (χ3n) is 2.88. The molecule has 0 radical (unpaired) electrons. The molecule has 3 aromatic rings. The first kappa shape index (κ1) is 13.0. The Morgan fingerprint density at radius 1 is 1.15 bits per heavy atom. The highest BCUT2D eigenvalue weighted by Gasteiger charge is 2.11. The maximum atomic E-state index is 6.03. The molecule has 2 heterocycles. The molecule has 0 spiro atoms. The summed E-state index contributed by atoms with van der Waals surface area (Å²) in [7, 11) is 1.56. The number of ether oxygens (including phenoxy) is 1. The van der Waals surface area contributed by atoms with E-state index in [2.05, 4.69) is 15.0 Å². The molecule has 0 aliphatic rings. The van der Waals surface area contributed by atoms with Gasteiger partial charge in [-0.15, -0.1) is 0 Å². The van der Waals surface area contributed by atoms with Crippen LogP contribution in [0.4, 0.5) is 5.69 Å². The largest absolute Gasteiger partial charge is 0.481 e. The van der Waals surface area contributed by atoms with E-state index in [-0.39, 0.29) is 0 Å². The molecular weight excluding hydrogens is 299 g/mol. The van der Waals surface area contributed by atoms with E-state index in [0.29, 0.717) is 33.1 Å². The molecule has 0 aliphatic heterocycles. The van der Waals surface area contributed by atoms with Crippen LogP contribution in [0.25, 0.3) is 22.6 Å². The zero-order chi connectivity index (χ0) is 14.3. The fourth-order valence-corrected chi connectivity index (χ4v) is 2.33. The van der Waals surface area contributed by atoms with Crippen LogP contribution in [0.1, 0.15) is 0 Å². The van der Waals surface area contributed by atoms with Gasteiger partial charge < -0.3 is 15.5 Å². The molecule has 1 aromatic carbocycles. The maximum absolute atomic E-state index is 6.03. The van der Waals surface area contributed by atoms with Crippen molar-refractivity contribution in [2.24, 2.45) is 0 Å². The number of fused-ring (bicyclic) bond motifs is 1. The van der Waals surface area contributed by atoms with Crippen molar-refractivity contribution in [2.45, 2.75) is 0 Å². The van der Waals surface area contributed by atoms with Gasteiger partial charge >= 0.3 is 0 Å². The topological polar surface area (TPSA) is 76.8 Å². The Morgan fingerprint density at radius 3 is 2.50 bits per heavy atom. The highest BCUT2D eigenvalue weighted by atomic mass is 35.5. The molecule has 7 heteroatoms. The summed E-state index contributed by atoms with van der Waals surface area (Å²) in [5.41, 5.74) is 8.17. The van der Waals surface area contributed by atoms with Crippen molar-refractivity contribution in [3.05, 3.63) is 34.3 Å². The molecule has 20 heavy (non-hydrogen) atoms. The van der Waals surface area contributed by atoms with Gasteiger partial charge in [-0.1, -0.05) is 23.2 Å². The van der Waals surface area contributed by atoms with Gasteiger partial charge in [0.1, 0.15) is 5.82 Å². The maximum Gasteiger partial charge on any atom is 0.215 e. The number of nitrogen functional groups attached to an aromatic ring is 1. The van der Waals surface area contributed by atoms with Crippen LogP contribution in [0, 0.1) is 0 Å². The molecule has 0 atom stereocenters. The zero-order valence-corrected chi connectivity index (χ0v) is 12.0. The second-order valence-corrected chi connectivity index (χ2v) is 4.98. The second-order valence-electron chi connectivity index (χ2n) is 4.16. The first-order valence-corrected chi connectivity index (χ1v) is 6.49. The van der Waals surface area contributed by atoms with E-state index >= 15 is 0 Å². The lowest BCUT2D eigenvalue weighted by molar-refractivity contribution is 0.399. The smallest absolute Gasteiger partial charge is 0.215 e. The van der Waals surface area contributed by atoms with E-state index < -0.39 is 0 Å². The predicted molar refractivity (Wildman–Crippen MR) is 80.3 cm³/mol. The molecule has 3 rings (SSSR count). The van der Waals surface area contributed by atoms with Crippen LogP contribution in [-0.2, 0) is 0 Å². The fourth-order valence-electron chi connectivity index (χ4n) is 1.85. The molecule has 0 fully saturated rings. The molecule has 0 amide bonds. The minimum Gasteiger partial charge on any atom is -0.481 e. The molecule has 0 saturated carbocycles. The second kappa shape index (κ2) is 4.85. The first-order chi connectivity index (χ1) is 9.58. The quantitative estimate of drug-likeness (QED) is 0.710. The zero-order valence-electron chi connectivity index (χ0n) is 10.4. The number of halogens is 2. The monoisotopic (exact) mass is 308 g/mol. The number of pyridine rings is 1. The first-order valence-electron chi connectivity index (χ1n) is 5.74. The molecule has 0 aliphatic carbocycles. The summed E-state index contributed by atoms with van der Waals surface area (Å²) in [5.74, 6) is 1.12. The summed E-state index contributed by atoms with van der Waals surface area (Å²) in [6.07, 6.45) is 0. The van der Waals surface area contributed by atoms with Gasteiger partial charge in [0.2, 0.25) is 5.88 Å². The van der Waals surface area contributed by atoms with Crippen molar-refractivity contribution < 1.29 is 4.74 Å². The number of aromatic nitrogens is 3. The highest BCUT2D eigenvalue weighted by molar-refractivity contribution is 6.39. The Kier molecular flexibility index (Phi) is 3.16. The number of benzene rings is 1. The van der Waals surface area contributed by atoms with Crippen LogP contribution < -0.4 is 10.5 Å². The van der Waals surface area contributed by atoms with Crippen molar-refractivity contribution in [3.63, 3.8) is 0 Å². The van der Waals surface area contributed by atoms with E-state index in [1.54, 1.807) is 25.3 Å². The fraction of sp³-hybridized carbons (Fsp3) is 0.0769. The number of H-pyrrole nitrogens is 1. The Morgan fingerprint density at radius 2 is 1.85 bits per heavy atom. The lowest BCUT2D eigenvalue weighted by Crippen LogP contribution is -1.90. The highest BCUT2D eigenvalue weighted by Crippen LogP contribution is 2.33. The summed E-state index contributed by atoms with van der Waals surface area (Å²) in [6.45, 7) is 0. The molecular formula is C13H10Cl2N4O. The van der Waals surface area contributed by atoms with Crippen LogP contribution in [-0.4, -0.2) is 22.1 Å².